The molecule has 1 heterocycles. The molecule has 0 saturated carbocycles. The minimum absolute atomic E-state index is 0.161. The zero-order valence-corrected chi connectivity index (χ0v) is 12.8. The molecule has 6 heteroatoms. The standard InChI is InChI=1S/C17H13ClFN3O/c18-15-10-14(19)6-7-16(15)21-17(23)13-4-2-12(3-5-13)11-22-9-1-8-20-22/h1-10H,11H2,(H,21,23). The number of carbonyl (C=O) groups excluding carboxylic acids is 1. The zero-order valence-electron chi connectivity index (χ0n) is 12.0. The molecule has 0 bridgehead atoms. The van der Waals surface area contributed by atoms with Crippen LogP contribution in [0, 0.1) is 5.82 Å². The van der Waals surface area contributed by atoms with Gasteiger partial charge in [0, 0.05) is 18.0 Å². The minimum atomic E-state index is -0.448. The quantitative estimate of drug-likeness (QED) is 0.787. The molecule has 0 atom stereocenters. The third-order valence-corrected chi connectivity index (χ3v) is 3.61. The van der Waals surface area contributed by atoms with E-state index in [2.05, 4.69) is 10.4 Å². The number of carbonyl (C=O) groups is 1. The summed E-state index contributed by atoms with van der Waals surface area (Å²) in [5.74, 6) is -0.750. The lowest BCUT2D eigenvalue weighted by molar-refractivity contribution is 0.102. The fourth-order valence-electron chi connectivity index (χ4n) is 2.13. The Morgan fingerprint density at radius 3 is 2.65 bits per heavy atom. The number of benzene rings is 2. The average Bonchev–Trinajstić information content (AvgIpc) is 3.04. The van der Waals surface area contributed by atoms with Gasteiger partial charge in [-0.25, -0.2) is 4.39 Å². The van der Waals surface area contributed by atoms with E-state index in [1.165, 1.54) is 12.1 Å². The van der Waals surface area contributed by atoms with Crippen molar-refractivity contribution in [2.45, 2.75) is 6.54 Å². The summed E-state index contributed by atoms with van der Waals surface area (Å²) in [5, 5.41) is 6.96. The molecule has 1 N–H and O–H groups in total. The molecule has 1 amide bonds. The predicted octanol–water partition coefficient (Wildman–Crippen LogP) is 3.98. The Labute approximate surface area is 137 Å². The molecule has 116 valence electrons. The molecule has 0 unspecified atom stereocenters. The Bertz CT molecular complexity index is 816. The van der Waals surface area contributed by atoms with Gasteiger partial charge in [0.15, 0.2) is 0 Å². The van der Waals surface area contributed by atoms with E-state index in [9.17, 15) is 9.18 Å². The van der Waals surface area contributed by atoms with Gasteiger partial charge in [-0.1, -0.05) is 23.7 Å². The average molecular weight is 330 g/mol. The summed E-state index contributed by atoms with van der Waals surface area (Å²) in [5.41, 5.74) is 1.90. The Kier molecular flexibility index (Phi) is 4.39. The van der Waals surface area contributed by atoms with E-state index < -0.39 is 5.82 Å². The lowest BCUT2D eigenvalue weighted by atomic mass is 10.1. The van der Waals surface area contributed by atoms with Crippen molar-refractivity contribution in [3.63, 3.8) is 0 Å². The first-order valence-electron chi connectivity index (χ1n) is 6.94. The van der Waals surface area contributed by atoms with Gasteiger partial charge in [-0.05, 0) is 42.0 Å². The van der Waals surface area contributed by atoms with Crippen LogP contribution in [0.4, 0.5) is 10.1 Å². The van der Waals surface area contributed by atoms with Crippen molar-refractivity contribution < 1.29 is 9.18 Å². The largest absolute Gasteiger partial charge is 0.321 e. The first-order chi connectivity index (χ1) is 11.1. The third-order valence-electron chi connectivity index (χ3n) is 3.30. The van der Waals surface area contributed by atoms with Gasteiger partial charge in [-0.2, -0.15) is 5.10 Å². The van der Waals surface area contributed by atoms with Gasteiger partial charge >= 0.3 is 0 Å². The lowest BCUT2D eigenvalue weighted by Gasteiger charge is -2.08. The van der Waals surface area contributed by atoms with Crippen LogP contribution in [0.3, 0.4) is 0 Å². The number of nitrogens with zero attached hydrogens (tertiary/aromatic N) is 2. The fourth-order valence-corrected chi connectivity index (χ4v) is 2.34. The zero-order chi connectivity index (χ0) is 16.2. The molecule has 0 aliphatic heterocycles. The van der Waals surface area contributed by atoms with Gasteiger partial charge in [0.2, 0.25) is 0 Å². The molecule has 23 heavy (non-hydrogen) atoms. The molecule has 4 nitrogen and oxygen atoms in total. The first kappa shape index (κ1) is 15.2. The second-order valence-electron chi connectivity index (χ2n) is 4.98. The monoisotopic (exact) mass is 329 g/mol. The van der Waals surface area contributed by atoms with Crippen molar-refractivity contribution in [2.75, 3.05) is 5.32 Å². The fraction of sp³-hybridized carbons (Fsp3) is 0.0588. The van der Waals surface area contributed by atoms with Crippen molar-refractivity contribution in [3.8, 4) is 0 Å². The molecule has 3 aromatic rings. The summed E-state index contributed by atoms with van der Waals surface area (Å²) in [4.78, 5) is 12.2. The van der Waals surface area contributed by atoms with Crippen LogP contribution in [-0.2, 0) is 6.54 Å². The molecule has 0 radical (unpaired) electrons. The van der Waals surface area contributed by atoms with Gasteiger partial charge in [0.05, 0.1) is 17.3 Å². The van der Waals surface area contributed by atoms with Crippen LogP contribution in [0.2, 0.25) is 5.02 Å². The summed E-state index contributed by atoms with van der Waals surface area (Å²) in [6, 6.07) is 12.9. The van der Waals surface area contributed by atoms with Crippen LogP contribution >= 0.6 is 11.6 Å². The highest BCUT2D eigenvalue weighted by Gasteiger charge is 2.09. The third kappa shape index (κ3) is 3.76. The van der Waals surface area contributed by atoms with Gasteiger partial charge in [0.1, 0.15) is 5.82 Å². The summed E-state index contributed by atoms with van der Waals surface area (Å²) in [6.45, 7) is 0.638. The Hall–Kier alpha value is -2.66. The van der Waals surface area contributed by atoms with Gasteiger partial charge < -0.3 is 5.32 Å². The first-order valence-corrected chi connectivity index (χ1v) is 7.32. The van der Waals surface area contributed by atoms with Crippen LogP contribution in [-0.4, -0.2) is 15.7 Å². The number of rotatable bonds is 4. The maximum atomic E-state index is 13.0. The van der Waals surface area contributed by atoms with Gasteiger partial charge in [0.25, 0.3) is 5.91 Å². The number of hydrogen-bond acceptors (Lipinski definition) is 2. The van der Waals surface area contributed by atoms with Crippen LogP contribution < -0.4 is 5.32 Å². The highest BCUT2D eigenvalue weighted by molar-refractivity contribution is 6.33. The Morgan fingerprint density at radius 1 is 1.22 bits per heavy atom. The maximum absolute atomic E-state index is 13.0. The van der Waals surface area contributed by atoms with Crippen LogP contribution in [0.1, 0.15) is 15.9 Å². The molecule has 0 saturated heterocycles. The Morgan fingerprint density at radius 2 is 2.00 bits per heavy atom. The molecule has 0 aliphatic rings. The second kappa shape index (κ2) is 6.62. The van der Waals surface area contributed by atoms with Gasteiger partial charge in [-0.3, -0.25) is 9.48 Å². The van der Waals surface area contributed by atoms with Crippen molar-refractivity contribution in [1.29, 1.82) is 0 Å². The summed E-state index contributed by atoms with van der Waals surface area (Å²) in [6.07, 6.45) is 3.59. The minimum Gasteiger partial charge on any atom is -0.321 e. The maximum Gasteiger partial charge on any atom is 0.255 e. The van der Waals surface area contributed by atoms with Crippen LogP contribution in [0.25, 0.3) is 0 Å². The van der Waals surface area contributed by atoms with Crippen molar-refractivity contribution in [2.24, 2.45) is 0 Å². The van der Waals surface area contributed by atoms with E-state index in [1.54, 1.807) is 23.0 Å². The highest BCUT2D eigenvalue weighted by atomic mass is 35.5. The summed E-state index contributed by atoms with van der Waals surface area (Å²) < 4.78 is 14.8. The number of nitrogens with one attached hydrogen (secondary N) is 1. The molecular formula is C17H13ClFN3O. The van der Waals surface area contributed by atoms with Crippen molar-refractivity contribution in [3.05, 3.63) is 82.9 Å². The van der Waals surface area contributed by atoms with Gasteiger partial charge in [-0.15, -0.1) is 0 Å². The van der Waals surface area contributed by atoms with E-state index in [0.717, 1.165) is 11.6 Å². The molecule has 2 aromatic carbocycles. The normalized spacial score (nSPS) is 10.5. The number of anilines is 1. The highest BCUT2D eigenvalue weighted by Crippen LogP contribution is 2.23. The summed E-state index contributed by atoms with van der Waals surface area (Å²) in [7, 11) is 0. The molecule has 3 rings (SSSR count). The molecule has 1 aromatic heterocycles. The SMILES string of the molecule is O=C(Nc1ccc(F)cc1Cl)c1ccc(Cn2cccn2)cc1. The molecule has 0 aliphatic carbocycles. The molecular weight excluding hydrogens is 317 g/mol. The smallest absolute Gasteiger partial charge is 0.255 e. The number of hydrogen-bond donors (Lipinski definition) is 1. The predicted molar refractivity (Wildman–Crippen MR) is 87.1 cm³/mol. The van der Waals surface area contributed by atoms with E-state index >= 15 is 0 Å². The van der Waals surface area contributed by atoms with E-state index in [0.29, 0.717) is 17.8 Å². The Balaban J connectivity index is 1.70. The van der Waals surface area contributed by atoms with E-state index in [1.807, 2.05) is 24.4 Å². The topological polar surface area (TPSA) is 46.9 Å². The summed E-state index contributed by atoms with van der Waals surface area (Å²) >= 11 is 5.90. The molecule has 0 spiro atoms. The number of aromatic nitrogens is 2. The lowest BCUT2D eigenvalue weighted by Crippen LogP contribution is -2.12. The number of halogens is 2. The number of amides is 1. The second-order valence-corrected chi connectivity index (χ2v) is 5.39. The van der Waals surface area contributed by atoms with E-state index in [-0.39, 0.29) is 10.9 Å². The molecule has 0 fully saturated rings. The van der Waals surface area contributed by atoms with E-state index in [4.69, 9.17) is 11.6 Å². The van der Waals surface area contributed by atoms with Crippen LogP contribution in [0.5, 0.6) is 0 Å². The van der Waals surface area contributed by atoms with Crippen molar-refractivity contribution in [1.82, 2.24) is 9.78 Å². The van der Waals surface area contributed by atoms with Crippen LogP contribution in [0.15, 0.2) is 60.9 Å². The van der Waals surface area contributed by atoms with Crippen molar-refractivity contribution >= 4 is 23.2 Å².